The van der Waals surface area contributed by atoms with E-state index in [4.69, 9.17) is 15.3 Å². The van der Waals surface area contributed by atoms with Gasteiger partial charge in [-0.25, -0.2) is 5.84 Å². The largest absolute Gasteiger partial charge is 0.493 e. The van der Waals surface area contributed by atoms with Gasteiger partial charge in [0.25, 0.3) is 5.91 Å². The summed E-state index contributed by atoms with van der Waals surface area (Å²) in [5.74, 6) is 6.10. The Balaban J connectivity index is 2.12. The number of para-hydroxylation sites is 2. The number of hydrogen-bond donors (Lipinski definition) is 2. The van der Waals surface area contributed by atoms with E-state index >= 15 is 0 Å². The third kappa shape index (κ3) is 3.74. The second-order valence-corrected chi connectivity index (χ2v) is 5.07. The maximum absolute atomic E-state index is 11.4. The summed E-state index contributed by atoms with van der Waals surface area (Å²) in [5.41, 5.74) is 3.48. The molecule has 0 aliphatic carbocycles. The Morgan fingerprint density at radius 1 is 1.24 bits per heavy atom. The Morgan fingerprint density at radius 3 is 2.57 bits per heavy atom. The molecule has 0 saturated heterocycles. The minimum absolute atomic E-state index is 0.340. The normalized spacial score (nSPS) is 10.0. The highest BCUT2D eigenvalue weighted by Crippen LogP contribution is 2.28. The number of methoxy groups -OCH3 is 1. The molecule has 6 heteroatoms. The highest BCUT2D eigenvalue weighted by atomic mass is 79.9. The van der Waals surface area contributed by atoms with Crippen LogP contribution in [0.1, 0.15) is 15.9 Å². The molecule has 2 aromatic carbocycles. The van der Waals surface area contributed by atoms with Crippen LogP contribution in [0.3, 0.4) is 0 Å². The Morgan fingerprint density at radius 2 is 1.95 bits per heavy atom. The molecular weight excluding hydrogens is 336 g/mol. The van der Waals surface area contributed by atoms with E-state index in [2.05, 4.69) is 21.4 Å². The van der Waals surface area contributed by atoms with Gasteiger partial charge in [-0.3, -0.25) is 10.2 Å². The molecule has 3 N–H and O–H groups in total. The molecule has 0 spiro atoms. The smallest absolute Gasteiger partial charge is 0.265 e. The predicted molar refractivity (Wildman–Crippen MR) is 83.1 cm³/mol. The molecule has 0 fully saturated rings. The first-order valence-electron chi connectivity index (χ1n) is 6.21. The minimum Gasteiger partial charge on any atom is -0.493 e. The van der Waals surface area contributed by atoms with Crippen LogP contribution in [0.4, 0.5) is 0 Å². The Hall–Kier alpha value is -2.05. The third-order valence-electron chi connectivity index (χ3n) is 2.90. The number of benzene rings is 2. The average molecular weight is 351 g/mol. The third-order valence-corrected chi connectivity index (χ3v) is 3.64. The summed E-state index contributed by atoms with van der Waals surface area (Å²) >= 11 is 3.42. The van der Waals surface area contributed by atoms with Gasteiger partial charge in [0.05, 0.1) is 7.11 Å². The van der Waals surface area contributed by atoms with Crippen molar-refractivity contribution >= 4 is 21.8 Å². The molecule has 5 nitrogen and oxygen atoms in total. The molecule has 1 amide bonds. The summed E-state index contributed by atoms with van der Waals surface area (Å²) in [7, 11) is 1.60. The lowest BCUT2D eigenvalue weighted by molar-refractivity contribution is 0.0953. The summed E-state index contributed by atoms with van der Waals surface area (Å²) in [6.07, 6.45) is 0. The van der Waals surface area contributed by atoms with E-state index in [1.807, 2.05) is 30.3 Å². The maximum Gasteiger partial charge on any atom is 0.265 e. The number of carbonyl (C=O) groups is 1. The fourth-order valence-electron chi connectivity index (χ4n) is 1.78. The molecule has 0 saturated carbocycles. The predicted octanol–water partition coefficient (Wildman–Crippen LogP) is 2.64. The van der Waals surface area contributed by atoms with Gasteiger partial charge in [-0.2, -0.15) is 0 Å². The van der Waals surface area contributed by atoms with Gasteiger partial charge < -0.3 is 9.47 Å². The number of halogens is 1. The quantitative estimate of drug-likeness (QED) is 0.493. The van der Waals surface area contributed by atoms with Crippen molar-refractivity contribution in [2.75, 3.05) is 7.11 Å². The van der Waals surface area contributed by atoms with Gasteiger partial charge >= 0.3 is 0 Å². The Labute approximate surface area is 131 Å². The van der Waals surface area contributed by atoms with Gasteiger partial charge in [-0.15, -0.1) is 0 Å². The minimum atomic E-state index is -0.340. The van der Waals surface area contributed by atoms with E-state index in [1.165, 1.54) is 0 Å². The average Bonchev–Trinajstić information content (AvgIpc) is 2.53. The van der Waals surface area contributed by atoms with Crippen LogP contribution in [0.5, 0.6) is 11.5 Å². The first kappa shape index (κ1) is 15.3. The van der Waals surface area contributed by atoms with E-state index < -0.39 is 0 Å². The zero-order chi connectivity index (χ0) is 15.2. The van der Waals surface area contributed by atoms with Crippen LogP contribution in [0, 0.1) is 0 Å². The second kappa shape index (κ2) is 7.10. The van der Waals surface area contributed by atoms with Crippen molar-refractivity contribution in [2.45, 2.75) is 6.61 Å². The first-order valence-corrected chi connectivity index (χ1v) is 7.00. The first-order chi connectivity index (χ1) is 10.2. The summed E-state index contributed by atoms with van der Waals surface area (Å²) in [5, 5.41) is 0. The van der Waals surface area contributed by atoms with Crippen LogP contribution in [0.25, 0.3) is 0 Å². The van der Waals surface area contributed by atoms with E-state index in [0.717, 1.165) is 10.0 Å². The number of nitrogens with one attached hydrogen (secondary N) is 1. The lowest BCUT2D eigenvalue weighted by Crippen LogP contribution is -2.29. The number of ether oxygens (including phenoxy) is 2. The lowest BCUT2D eigenvalue weighted by Gasteiger charge is -2.11. The number of amides is 1. The van der Waals surface area contributed by atoms with Crippen LogP contribution in [0.2, 0.25) is 0 Å². The van der Waals surface area contributed by atoms with E-state index in [9.17, 15) is 4.79 Å². The number of nitrogens with two attached hydrogens (primary N) is 1. The van der Waals surface area contributed by atoms with E-state index in [0.29, 0.717) is 23.7 Å². The van der Waals surface area contributed by atoms with Crippen molar-refractivity contribution in [3.63, 3.8) is 0 Å². The molecule has 0 heterocycles. The Bertz CT molecular complexity index is 647. The highest BCUT2D eigenvalue weighted by Gasteiger charge is 2.09. The molecule has 0 bridgehead atoms. The zero-order valence-electron chi connectivity index (χ0n) is 11.4. The van der Waals surface area contributed by atoms with Gasteiger partial charge in [0, 0.05) is 15.6 Å². The summed E-state index contributed by atoms with van der Waals surface area (Å²) < 4.78 is 11.7. The summed E-state index contributed by atoms with van der Waals surface area (Å²) in [4.78, 5) is 11.4. The van der Waals surface area contributed by atoms with Gasteiger partial charge in [0.2, 0.25) is 0 Å². The van der Waals surface area contributed by atoms with E-state index in [1.54, 1.807) is 19.2 Å². The van der Waals surface area contributed by atoms with Crippen LogP contribution in [-0.4, -0.2) is 13.0 Å². The standard InChI is InChI=1S/C15H15BrN2O3/c1-20-13-4-2-3-5-14(13)21-9-11-7-6-10(8-12(11)16)15(19)18-17/h2-8H,9,17H2,1H3,(H,18,19). The van der Waals surface area contributed by atoms with Crippen molar-refractivity contribution in [3.05, 3.63) is 58.1 Å². The second-order valence-electron chi connectivity index (χ2n) is 4.22. The van der Waals surface area contributed by atoms with Crippen LogP contribution >= 0.6 is 15.9 Å². The molecule has 0 radical (unpaired) electrons. The molecule has 0 aromatic heterocycles. The highest BCUT2D eigenvalue weighted by molar-refractivity contribution is 9.10. The topological polar surface area (TPSA) is 73.6 Å². The molecule has 0 aliphatic heterocycles. The van der Waals surface area contributed by atoms with Crippen LogP contribution in [-0.2, 0) is 6.61 Å². The molecule has 21 heavy (non-hydrogen) atoms. The zero-order valence-corrected chi connectivity index (χ0v) is 13.0. The van der Waals surface area contributed by atoms with Gasteiger partial charge in [0.15, 0.2) is 11.5 Å². The van der Waals surface area contributed by atoms with Crippen molar-refractivity contribution in [3.8, 4) is 11.5 Å². The monoisotopic (exact) mass is 350 g/mol. The van der Waals surface area contributed by atoms with Crippen molar-refractivity contribution in [1.82, 2.24) is 5.43 Å². The van der Waals surface area contributed by atoms with Crippen molar-refractivity contribution in [1.29, 1.82) is 0 Å². The number of nitrogen functional groups attached to an aromatic ring is 1. The summed E-state index contributed by atoms with van der Waals surface area (Å²) in [6, 6.07) is 12.6. The molecule has 0 unspecified atom stereocenters. The summed E-state index contributed by atoms with van der Waals surface area (Å²) in [6.45, 7) is 0.353. The Kier molecular flexibility index (Phi) is 5.19. The number of hydrazine groups is 1. The lowest BCUT2D eigenvalue weighted by atomic mass is 10.1. The van der Waals surface area contributed by atoms with E-state index in [-0.39, 0.29) is 5.91 Å². The van der Waals surface area contributed by atoms with Gasteiger partial charge in [-0.1, -0.05) is 34.1 Å². The molecule has 0 aliphatic rings. The SMILES string of the molecule is COc1ccccc1OCc1ccc(C(=O)NN)cc1Br. The number of hydrogen-bond acceptors (Lipinski definition) is 4. The van der Waals surface area contributed by atoms with Crippen molar-refractivity contribution < 1.29 is 14.3 Å². The van der Waals surface area contributed by atoms with Crippen LogP contribution < -0.4 is 20.7 Å². The fourth-order valence-corrected chi connectivity index (χ4v) is 2.28. The number of carbonyl (C=O) groups excluding carboxylic acids is 1. The maximum atomic E-state index is 11.4. The van der Waals surface area contributed by atoms with Gasteiger partial charge in [0.1, 0.15) is 6.61 Å². The molecule has 110 valence electrons. The molecule has 0 atom stereocenters. The fraction of sp³-hybridized carbons (Fsp3) is 0.133. The molecule has 2 rings (SSSR count). The van der Waals surface area contributed by atoms with Crippen LogP contribution in [0.15, 0.2) is 46.9 Å². The molecular formula is C15H15BrN2O3. The van der Waals surface area contributed by atoms with Crippen molar-refractivity contribution in [2.24, 2.45) is 5.84 Å². The number of rotatable bonds is 5. The van der Waals surface area contributed by atoms with Gasteiger partial charge in [-0.05, 0) is 24.3 Å². The molecule has 2 aromatic rings.